The van der Waals surface area contributed by atoms with Crippen LogP contribution in [0.2, 0.25) is 0 Å². The Labute approximate surface area is 55.8 Å². The molecule has 0 unspecified atom stereocenters. The van der Waals surface area contributed by atoms with Gasteiger partial charge in [-0.05, 0) is 31.6 Å². The Hall–Kier alpha value is -0.550. The van der Waals surface area contributed by atoms with E-state index >= 15 is 0 Å². The molecule has 49 valence electrons. The van der Waals surface area contributed by atoms with Gasteiger partial charge in [-0.15, -0.1) is 0 Å². The van der Waals surface area contributed by atoms with E-state index in [0.717, 1.165) is 31.3 Å². The Morgan fingerprint density at radius 1 is 1.44 bits per heavy atom. The molecule has 0 bridgehead atoms. The highest BCUT2D eigenvalue weighted by Crippen LogP contribution is 2.25. The van der Waals surface area contributed by atoms with Crippen molar-refractivity contribution in [2.45, 2.75) is 25.7 Å². The quantitative estimate of drug-likeness (QED) is 0.449. The molecule has 9 heavy (non-hydrogen) atoms. The van der Waals surface area contributed by atoms with Crippen molar-refractivity contribution in [3.63, 3.8) is 0 Å². The van der Waals surface area contributed by atoms with Crippen LogP contribution in [0.1, 0.15) is 25.7 Å². The molecule has 0 saturated heterocycles. The lowest BCUT2D eigenvalue weighted by molar-refractivity contribution is 0.481. The average molecular weight is 123 g/mol. The molecule has 1 fully saturated rings. The highest BCUT2D eigenvalue weighted by Gasteiger charge is 2.11. The second kappa shape index (κ2) is 2.84. The summed E-state index contributed by atoms with van der Waals surface area (Å²) < 4.78 is 0. The van der Waals surface area contributed by atoms with Crippen LogP contribution in [0.15, 0.2) is 5.57 Å². The van der Waals surface area contributed by atoms with Crippen molar-refractivity contribution in [3.05, 3.63) is 12.5 Å². The van der Waals surface area contributed by atoms with Crippen molar-refractivity contribution in [3.8, 4) is 0 Å². The van der Waals surface area contributed by atoms with E-state index in [4.69, 9.17) is 0 Å². The minimum Gasteiger partial charge on any atom is -0.234 e. The van der Waals surface area contributed by atoms with E-state index in [2.05, 4.69) is 6.92 Å². The third-order valence-corrected chi connectivity index (χ3v) is 1.85. The molecule has 0 aromatic rings. The highest BCUT2D eigenvalue weighted by atomic mass is 16.1. The second-order valence-corrected chi connectivity index (χ2v) is 2.65. The third kappa shape index (κ3) is 1.69. The molecule has 1 nitrogen and oxygen atoms in total. The molecule has 1 aliphatic rings. The van der Waals surface area contributed by atoms with Crippen molar-refractivity contribution in [1.82, 2.24) is 0 Å². The predicted molar refractivity (Wildman–Crippen MR) is 36.5 cm³/mol. The zero-order chi connectivity index (χ0) is 6.69. The standard InChI is InChI=1S/C8H11O/c1-7-2-4-8(6-9)5-3-7/h7H,1-5H2. The number of rotatable bonds is 0. The molecule has 1 saturated carbocycles. The van der Waals surface area contributed by atoms with Crippen LogP contribution in [0.4, 0.5) is 0 Å². The molecule has 0 heterocycles. The van der Waals surface area contributed by atoms with E-state index in [-0.39, 0.29) is 0 Å². The first-order chi connectivity index (χ1) is 4.33. The monoisotopic (exact) mass is 123 g/mol. The van der Waals surface area contributed by atoms with Crippen LogP contribution >= 0.6 is 0 Å². The van der Waals surface area contributed by atoms with Gasteiger partial charge in [0, 0.05) is 5.57 Å². The minimum atomic E-state index is 0.571. The SMILES string of the molecule is [CH2]C1CCC(=C=O)CC1. The fourth-order valence-electron chi connectivity index (χ4n) is 1.13. The van der Waals surface area contributed by atoms with Crippen LogP contribution in [-0.2, 0) is 4.79 Å². The van der Waals surface area contributed by atoms with Crippen molar-refractivity contribution in [2.75, 3.05) is 0 Å². The fraction of sp³-hybridized carbons (Fsp3) is 0.625. The maximum Gasteiger partial charge on any atom is 0.123 e. The van der Waals surface area contributed by atoms with Gasteiger partial charge in [0.1, 0.15) is 5.94 Å². The van der Waals surface area contributed by atoms with Crippen LogP contribution < -0.4 is 0 Å². The molecule has 1 heteroatoms. The molecule has 1 aliphatic carbocycles. The van der Waals surface area contributed by atoms with Crippen LogP contribution in [0.5, 0.6) is 0 Å². The van der Waals surface area contributed by atoms with E-state index in [1.807, 2.05) is 5.94 Å². The summed E-state index contributed by atoms with van der Waals surface area (Å²) in [5.74, 6) is 2.53. The molecule has 0 amide bonds. The predicted octanol–water partition coefficient (Wildman–Crippen LogP) is 1.77. The van der Waals surface area contributed by atoms with Gasteiger partial charge in [0.05, 0.1) is 0 Å². The van der Waals surface area contributed by atoms with Gasteiger partial charge in [0.15, 0.2) is 0 Å². The molecule has 0 N–H and O–H groups in total. The van der Waals surface area contributed by atoms with E-state index in [1.165, 1.54) is 0 Å². The third-order valence-electron chi connectivity index (χ3n) is 1.85. The summed E-state index contributed by atoms with van der Waals surface area (Å²) in [6.07, 6.45) is 4.00. The summed E-state index contributed by atoms with van der Waals surface area (Å²) in [6.45, 7) is 3.92. The largest absolute Gasteiger partial charge is 0.234 e. The summed E-state index contributed by atoms with van der Waals surface area (Å²) in [4.78, 5) is 10.1. The topological polar surface area (TPSA) is 17.1 Å². The molecule has 1 rings (SSSR count). The molecule has 1 radical (unpaired) electrons. The maximum atomic E-state index is 10.1. The first kappa shape index (κ1) is 6.57. The summed E-state index contributed by atoms with van der Waals surface area (Å²) in [7, 11) is 0. The van der Waals surface area contributed by atoms with Gasteiger partial charge in [0.25, 0.3) is 0 Å². The lowest BCUT2D eigenvalue weighted by Crippen LogP contribution is -2.04. The number of allylic oxidation sites excluding steroid dienone is 1. The summed E-state index contributed by atoms with van der Waals surface area (Å²) in [6, 6.07) is 0. The second-order valence-electron chi connectivity index (χ2n) is 2.65. The Morgan fingerprint density at radius 2 is 2.00 bits per heavy atom. The van der Waals surface area contributed by atoms with Gasteiger partial charge in [-0.1, -0.05) is 6.92 Å². The Bertz CT molecular complexity index is 133. The zero-order valence-electron chi connectivity index (χ0n) is 5.52. The van der Waals surface area contributed by atoms with E-state index < -0.39 is 0 Å². The molecular formula is C8H11O. The molecular weight excluding hydrogens is 112 g/mol. The first-order valence-electron chi connectivity index (χ1n) is 3.39. The average Bonchev–Trinajstić information content (AvgIpc) is 1.90. The van der Waals surface area contributed by atoms with E-state index in [9.17, 15) is 4.79 Å². The number of hydrogen-bond acceptors (Lipinski definition) is 1. The molecule has 0 aliphatic heterocycles. The van der Waals surface area contributed by atoms with Crippen LogP contribution in [-0.4, -0.2) is 5.94 Å². The lowest BCUT2D eigenvalue weighted by atomic mass is 9.88. The summed E-state index contributed by atoms with van der Waals surface area (Å²) in [5.41, 5.74) is 0.954. The Balaban J connectivity index is 2.44. The lowest BCUT2D eigenvalue weighted by Gasteiger charge is -2.16. The molecule has 0 aromatic carbocycles. The van der Waals surface area contributed by atoms with Gasteiger partial charge < -0.3 is 0 Å². The Morgan fingerprint density at radius 3 is 2.44 bits per heavy atom. The van der Waals surface area contributed by atoms with E-state index in [1.54, 1.807) is 0 Å². The van der Waals surface area contributed by atoms with Crippen LogP contribution in [0, 0.1) is 12.8 Å². The van der Waals surface area contributed by atoms with Crippen LogP contribution in [0.3, 0.4) is 0 Å². The van der Waals surface area contributed by atoms with Crippen molar-refractivity contribution >= 4 is 5.94 Å². The number of hydrogen-bond donors (Lipinski definition) is 0. The number of carbonyl (C=O) groups excluding carboxylic acids is 1. The Kier molecular flexibility index (Phi) is 2.07. The minimum absolute atomic E-state index is 0.571. The first-order valence-corrected chi connectivity index (χ1v) is 3.39. The molecule has 0 spiro atoms. The normalized spacial score (nSPS) is 27.7. The summed E-state index contributed by atoms with van der Waals surface area (Å²) in [5, 5.41) is 0. The van der Waals surface area contributed by atoms with Gasteiger partial charge in [-0.2, -0.15) is 0 Å². The fourth-order valence-corrected chi connectivity index (χ4v) is 1.13. The molecule has 0 aromatic heterocycles. The van der Waals surface area contributed by atoms with Crippen molar-refractivity contribution < 1.29 is 4.79 Å². The van der Waals surface area contributed by atoms with E-state index in [0.29, 0.717) is 5.92 Å². The van der Waals surface area contributed by atoms with Gasteiger partial charge in [-0.25, -0.2) is 4.79 Å². The molecule has 0 atom stereocenters. The van der Waals surface area contributed by atoms with Gasteiger partial charge in [-0.3, -0.25) is 0 Å². The van der Waals surface area contributed by atoms with Crippen molar-refractivity contribution in [1.29, 1.82) is 0 Å². The van der Waals surface area contributed by atoms with Crippen LogP contribution in [0.25, 0.3) is 0 Å². The zero-order valence-corrected chi connectivity index (χ0v) is 5.52. The summed E-state index contributed by atoms with van der Waals surface area (Å²) >= 11 is 0. The van der Waals surface area contributed by atoms with Crippen molar-refractivity contribution in [2.24, 2.45) is 5.92 Å². The maximum absolute atomic E-state index is 10.1. The smallest absolute Gasteiger partial charge is 0.123 e. The highest BCUT2D eigenvalue weighted by molar-refractivity contribution is 5.52. The van der Waals surface area contributed by atoms with Gasteiger partial charge >= 0.3 is 0 Å². The van der Waals surface area contributed by atoms with Gasteiger partial charge in [0.2, 0.25) is 0 Å².